The molecule has 0 unspecified atom stereocenters. The summed E-state index contributed by atoms with van der Waals surface area (Å²) in [5, 5.41) is 13.8. The SMILES string of the molecule is O=C(Nc1cc(Cl)cc(Cl)c1)c1cccc([N+](=O)[O-])c1Cl. The van der Waals surface area contributed by atoms with E-state index in [1.54, 1.807) is 0 Å². The topological polar surface area (TPSA) is 72.2 Å². The second kappa shape index (κ2) is 6.30. The summed E-state index contributed by atoms with van der Waals surface area (Å²) in [7, 11) is 0. The largest absolute Gasteiger partial charge is 0.322 e. The first kappa shape index (κ1) is 15.6. The Balaban J connectivity index is 2.33. The Hall–Kier alpha value is -1.82. The zero-order valence-corrected chi connectivity index (χ0v) is 12.5. The number of nitro benzene ring substituents is 1. The summed E-state index contributed by atoms with van der Waals surface area (Å²) < 4.78 is 0. The first-order valence-electron chi connectivity index (χ1n) is 5.59. The third-order valence-electron chi connectivity index (χ3n) is 2.54. The number of nitrogens with zero attached hydrogens (tertiary/aromatic N) is 1. The van der Waals surface area contributed by atoms with Crippen LogP contribution in [0.5, 0.6) is 0 Å². The molecule has 0 saturated heterocycles. The molecular weight excluding hydrogens is 339 g/mol. The maximum atomic E-state index is 12.1. The Labute approximate surface area is 134 Å². The predicted molar refractivity (Wildman–Crippen MR) is 82.5 cm³/mol. The lowest BCUT2D eigenvalue weighted by Gasteiger charge is -2.08. The van der Waals surface area contributed by atoms with E-state index in [1.807, 2.05) is 0 Å². The van der Waals surface area contributed by atoms with Crippen LogP contribution in [-0.4, -0.2) is 10.8 Å². The fraction of sp³-hybridized carbons (Fsp3) is 0. The summed E-state index contributed by atoms with van der Waals surface area (Å²) in [6, 6.07) is 8.49. The van der Waals surface area contributed by atoms with E-state index in [-0.39, 0.29) is 16.3 Å². The second-order valence-corrected chi connectivity index (χ2v) is 5.26. The molecule has 0 radical (unpaired) electrons. The van der Waals surface area contributed by atoms with Crippen molar-refractivity contribution in [3.8, 4) is 0 Å². The maximum Gasteiger partial charge on any atom is 0.288 e. The van der Waals surface area contributed by atoms with Crippen LogP contribution in [0.25, 0.3) is 0 Å². The first-order valence-corrected chi connectivity index (χ1v) is 6.72. The van der Waals surface area contributed by atoms with Gasteiger partial charge in [-0.25, -0.2) is 0 Å². The summed E-state index contributed by atoms with van der Waals surface area (Å²) in [6.45, 7) is 0. The highest BCUT2D eigenvalue weighted by molar-refractivity contribution is 6.37. The number of hydrogen-bond acceptors (Lipinski definition) is 3. The van der Waals surface area contributed by atoms with Crippen LogP contribution in [0, 0.1) is 10.1 Å². The van der Waals surface area contributed by atoms with Crippen LogP contribution in [0.15, 0.2) is 36.4 Å². The second-order valence-electron chi connectivity index (χ2n) is 4.01. The molecule has 5 nitrogen and oxygen atoms in total. The highest BCUT2D eigenvalue weighted by Gasteiger charge is 2.20. The van der Waals surface area contributed by atoms with Crippen LogP contribution in [0.2, 0.25) is 15.1 Å². The van der Waals surface area contributed by atoms with Crippen molar-refractivity contribution < 1.29 is 9.72 Å². The number of benzene rings is 2. The Morgan fingerprint density at radius 3 is 2.29 bits per heavy atom. The molecule has 0 fully saturated rings. The van der Waals surface area contributed by atoms with Gasteiger partial charge in [0.2, 0.25) is 0 Å². The van der Waals surface area contributed by atoms with E-state index in [1.165, 1.54) is 36.4 Å². The molecule has 0 aromatic heterocycles. The van der Waals surface area contributed by atoms with Gasteiger partial charge in [0, 0.05) is 21.8 Å². The van der Waals surface area contributed by atoms with Crippen molar-refractivity contribution in [2.45, 2.75) is 0 Å². The summed E-state index contributed by atoms with van der Waals surface area (Å²) >= 11 is 17.5. The van der Waals surface area contributed by atoms with Crippen LogP contribution < -0.4 is 5.32 Å². The van der Waals surface area contributed by atoms with E-state index in [9.17, 15) is 14.9 Å². The first-order chi connectivity index (χ1) is 9.88. The number of anilines is 1. The van der Waals surface area contributed by atoms with E-state index in [0.717, 1.165) is 0 Å². The monoisotopic (exact) mass is 344 g/mol. The molecule has 2 rings (SSSR count). The minimum Gasteiger partial charge on any atom is -0.322 e. The number of rotatable bonds is 3. The minimum atomic E-state index is -0.657. The van der Waals surface area contributed by atoms with Crippen molar-refractivity contribution in [2.75, 3.05) is 5.32 Å². The van der Waals surface area contributed by atoms with Gasteiger partial charge in [-0.3, -0.25) is 14.9 Å². The van der Waals surface area contributed by atoms with E-state index < -0.39 is 10.8 Å². The Kier molecular flexibility index (Phi) is 4.67. The molecule has 0 heterocycles. The molecule has 1 N–H and O–H groups in total. The lowest BCUT2D eigenvalue weighted by molar-refractivity contribution is -0.384. The van der Waals surface area contributed by atoms with E-state index in [0.29, 0.717) is 15.7 Å². The summed E-state index contributed by atoms with van der Waals surface area (Å²) in [5.41, 5.74) is 0.00970. The highest BCUT2D eigenvalue weighted by atomic mass is 35.5. The van der Waals surface area contributed by atoms with E-state index in [2.05, 4.69) is 5.32 Å². The molecule has 0 saturated carbocycles. The van der Waals surface area contributed by atoms with Gasteiger partial charge in [-0.05, 0) is 24.3 Å². The molecular formula is C13H7Cl3N2O3. The maximum absolute atomic E-state index is 12.1. The zero-order chi connectivity index (χ0) is 15.6. The minimum absolute atomic E-state index is 0.0121. The zero-order valence-electron chi connectivity index (χ0n) is 10.3. The van der Waals surface area contributed by atoms with Gasteiger partial charge in [-0.15, -0.1) is 0 Å². The number of nitrogens with one attached hydrogen (secondary N) is 1. The van der Waals surface area contributed by atoms with Gasteiger partial charge in [0.15, 0.2) is 0 Å². The summed E-state index contributed by atoms with van der Waals surface area (Å²) in [6.07, 6.45) is 0. The number of amides is 1. The van der Waals surface area contributed by atoms with E-state index >= 15 is 0 Å². The molecule has 0 aliphatic carbocycles. The van der Waals surface area contributed by atoms with Crippen LogP contribution in [0.4, 0.5) is 11.4 Å². The molecule has 0 spiro atoms. The Bertz CT molecular complexity index is 714. The molecule has 21 heavy (non-hydrogen) atoms. The van der Waals surface area contributed by atoms with Gasteiger partial charge >= 0.3 is 0 Å². The number of carbonyl (C=O) groups excluding carboxylic acids is 1. The fourth-order valence-corrected chi connectivity index (χ4v) is 2.47. The molecule has 0 bridgehead atoms. The molecule has 1 amide bonds. The van der Waals surface area contributed by atoms with Crippen LogP contribution in [0.3, 0.4) is 0 Å². The average Bonchev–Trinajstić information content (AvgIpc) is 2.37. The molecule has 2 aromatic carbocycles. The number of carbonyl (C=O) groups is 1. The Morgan fingerprint density at radius 1 is 1.10 bits per heavy atom. The average molecular weight is 346 g/mol. The van der Waals surface area contributed by atoms with Crippen LogP contribution in [0.1, 0.15) is 10.4 Å². The van der Waals surface area contributed by atoms with Crippen molar-refractivity contribution in [2.24, 2.45) is 0 Å². The van der Waals surface area contributed by atoms with Gasteiger partial charge in [-0.1, -0.05) is 40.9 Å². The molecule has 0 atom stereocenters. The molecule has 108 valence electrons. The van der Waals surface area contributed by atoms with Gasteiger partial charge in [0.1, 0.15) is 5.02 Å². The molecule has 2 aromatic rings. The quantitative estimate of drug-likeness (QED) is 0.641. The van der Waals surface area contributed by atoms with E-state index in [4.69, 9.17) is 34.8 Å². The van der Waals surface area contributed by atoms with Crippen molar-refractivity contribution >= 4 is 52.1 Å². The third kappa shape index (κ3) is 3.64. The van der Waals surface area contributed by atoms with Crippen molar-refractivity contribution in [1.29, 1.82) is 0 Å². The predicted octanol–water partition coefficient (Wildman–Crippen LogP) is 4.81. The number of halogens is 3. The molecule has 8 heteroatoms. The van der Waals surface area contributed by atoms with Crippen molar-refractivity contribution in [3.63, 3.8) is 0 Å². The van der Waals surface area contributed by atoms with Crippen molar-refractivity contribution in [3.05, 3.63) is 67.1 Å². The van der Waals surface area contributed by atoms with Crippen LogP contribution in [-0.2, 0) is 0 Å². The fourth-order valence-electron chi connectivity index (χ4n) is 1.66. The van der Waals surface area contributed by atoms with Gasteiger partial charge in [0.25, 0.3) is 11.6 Å². The number of hydrogen-bond donors (Lipinski definition) is 1. The smallest absolute Gasteiger partial charge is 0.288 e. The summed E-state index contributed by atoms with van der Waals surface area (Å²) in [4.78, 5) is 22.3. The standard InChI is InChI=1S/C13H7Cl3N2O3/c14-7-4-8(15)6-9(5-7)17-13(19)10-2-1-3-11(12(10)16)18(20)21/h1-6H,(H,17,19). The summed E-state index contributed by atoms with van der Waals surface area (Å²) in [5.74, 6) is -0.595. The lowest BCUT2D eigenvalue weighted by Crippen LogP contribution is -2.13. The Morgan fingerprint density at radius 2 is 1.71 bits per heavy atom. The van der Waals surface area contributed by atoms with Gasteiger partial charge in [0.05, 0.1) is 10.5 Å². The number of nitro groups is 1. The highest BCUT2D eigenvalue weighted by Crippen LogP contribution is 2.29. The molecule has 0 aliphatic heterocycles. The molecule has 0 aliphatic rings. The van der Waals surface area contributed by atoms with Gasteiger partial charge in [-0.2, -0.15) is 0 Å². The van der Waals surface area contributed by atoms with Crippen LogP contribution >= 0.6 is 34.8 Å². The van der Waals surface area contributed by atoms with Gasteiger partial charge < -0.3 is 5.32 Å². The van der Waals surface area contributed by atoms with Crippen molar-refractivity contribution in [1.82, 2.24) is 0 Å². The third-order valence-corrected chi connectivity index (χ3v) is 3.37. The lowest BCUT2D eigenvalue weighted by atomic mass is 10.2. The normalized spacial score (nSPS) is 10.2.